The van der Waals surface area contributed by atoms with Gasteiger partial charge in [0.2, 0.25) is 11.8 Å². The molecule has 0 aliphatic carbocycles. The Kier molecular flexibility index (Phi) is 6.35. The Hall–Kier alpha value is -2.87. The summed E-state index contributed by atoms with van der Waals surface area (Å²) < 4.78 is 1.66. The van der Waals surface area contributed by atoms with Crippen molar-refractivity contribution in [3.63, 3.8) is 0 Å². The van der Waals surface area contributed by atoms with Crippen molar-refractivity contribution in [2.75, 3.05) is 18.4 Å². The summed E-state index contributed by atoms with van der Waals surface area (Å²) in [4.78, 5) is 35.7. The Bertz CT molecular complexity index is 847. The minimum atomic E-state index is -0.486. The second kappa shape index (κ2) is 8.48. The number of nitrogens with zero attached hydrogens (tertiary/aromatic N) is 2. The smallest absolute Gasteiger partial charge is 0.253 e. The lowest BCUT2D eigenvalue weighted by molar-refractivity contribution is -0.123. The highest BCUT2D eigenvalue weighted by atomic mass is 35.5. The van der Waals surface area contributed by atoms with Crippen LogP contribution in [-0.2, 0) is 16.6 Å². The average molecular weight is 378 g/mol. The van der Waals surface area contributed by atoms with E-state index in [0.717, 1.165) is 5.69 Å². The Morgan fingerprint density at radius 3 is 2.35 bits per heavy atom. The van der Waals surface area contributed by atoms with Crippen molar-refractivity contribution < 1.29 is 14.4 Å². The van der Waals surface area contributed by atoms with Crippen molar-refractivity contribution in [1.29, 1.82) is 0 Å². The van der Waals surface area contributed by atoms with Gasteiger partial charge < -0.3 is 16.0 Å². The van der Waals surface area contributed by atoms with Gasteiger partial charge in [-0.1, -0.05) is 23.7 Å². The van der Waals surface area contributed by atoms with E-state index in [0.29, 0.717) is 16.4 Å². The fourth-order valence-corrected chi connectivity index (χ4v) is 2.50. The van der Waals surface area contributed by atoms with Crippen LogP contribution in [0.1, 0.15) is 21.7 Å². The van der Waals surface area contributed by atoms with Gasteiger partial charge >= 0.3 is 0 Å². The van der Waals surface area contributed by atoms with Gasteiger partial charge in [-0.15, -0.1) is 0 Å². The number of rotatable bonds is 6. The maximum Gasteiger partial charge on any atom is 0.253 e. The summed E-state index contributed by atoms with van der Waals surface area (Å²) in [6.45, 7) is 3.14. The molecule has 8 nitrogen and oxygen atoms in total. The highest BCUT2D eigenvalue weighted by Crippen LogP contribution is 2.17. The minimum Gasteiger partial charge on any atom is -0.345 e. The van der Waals surface area contributed by atoms with Gasteiger partial charge in [-0.05, 0) is 26.0 Å². The molecule has 2 aromatic rings. The third kappa shape index (κ3) is 4.82. The number of aromatic nitrogens is 2. The minimum absolute atomic E-state index is 0.214. The van der Waals surface area contributed by atoms with Crippen molar-refractivity contribution in [1.82, 2.24) is 20.4 Å². The van der Waals surface area contributed by atoms with Gasteiger partial charge in [0.1, 0.15) is 0 Å². The lowest BCUT2D eigenvalue weighted by Crippen LogP contribution is -2.40. The monoisotopic (exact) mass is 377 g/mol. The first-order chi connectivity index (χ1) is 12.3. The van der Waals surface area contributed by atoms with E-state index in [-0.39, 0.29) is 24.6 Å². The molecule has 9 heteroatoms. The molecular formula is C17H20ClN5O3. The zero-order valence-electron chi connectivity index (χ0n) is 14.7. The molecule has 0 saturated heterocycles. The highest BCUT2D eigenvalue weighted by molar-refractivity contribution is 6.33. The second-order valence-corrected chi connectivity index (χ2v) is 6.06. The van der Waals surface area contributed by atoms with Crippen molar-refractivity contribution in [3.05, 3.63) is 46.2 Å². The number of halogens is 1. The molecule has 0 radical (unpaired) electrons. The summed E-state index contributed by atoms with van der Waals surface area (Å²) in [6, 6.07) is 6.52. The highest BCUT2D eigenvalue weighted by Gasteiger charge is 2.14. The molecular weight excluding hydrogens is 358 g/mol. The molecule has 3 amide bonds. The number of carbonyl (C=O) groups is 3. The number of aryl methyl sites for hydroxylation is 2. The van der Waals surface area contributed by atoms with E-state index in [9.17, 15) is 14.4 Å². The SMILES string of the molecule is Cc1nn(C)c(C)c1NC(=O)CNC(=O)CNC(=O)c1ccccc1Cl. The van der Waals surface area contributed by atoms with Crippen LogP contribution >= 0.6 is 11.6 Å². The molecule has 138 valence electrons. The number of amides is 3. The quantitative estimate of drug-likeness (QED) is 0.702. The molecule has 0 bridgehead atoms. The predicted molar refractivity (Wildman–Crippen MR) is 98.1 cm³/mol. The first-order valence-corrected chi connectivity index (χ1v) is 8.27. The van der Waals surface area contributed by atoms with Crippen molar-refractivity contribution in [2.24, 2.45) is 7.05 Å². The molecule has 26 heavy (non-hydrogen) atoms. The van der Waals surface area contributed by atoms with Gasteiger partial charge in [0, 0.05) is 7.05 Å². The van der Waals surface area contributed by atoms with Gasteiger partial charge in [0.05, 0.1) is 40.8 Å². The van der Waals surface area contributed by atoms with Crippen LogP contribution in [0, 0.1) is 13.8 Å². The summed E-state index contributed by atoms with van der Waals surface area (Å²) in [7, 11) is 1.78. The van der Waals surface area contributed by atoms with Gasteiger partial charge in [-0.3, -0.25) is 19.1 Å². The van der Waals surface area contributed by atoms with Crippen LogP contribution in [0.2, 0.25) is 5.02 Å². The molecule has 1 heterocycles. The lowest BCUT2D eigenvalue weighted by atomic mass is 10.2. The molecule has 0 atom stereocenters. The Balaban J connectivity index is 1.79. The van der Waals surface area contributed by atoms with E-state index in [2.05, 4.69) is 21.0 Å². The van der Waals surface area contributed by atoms with Crippen LogP contribution in [0.5, 0.6) is 0 Å². The topological polar surface area (TPSA) is 105 Å². The maximum atomic E-state index is 12.0. The summed E-state index contributed by atoms with van der Waals surface area (Å²) in [5.74, 6) is -1.33. The molecule has 0 unspecified atom stereocenters. The zero-order valence-corrected chi connectivity index (χ0v) is 15.5. The molecule has 3 N–H and O–H groups in total. The van der Waals surface area contributed by atoms with Crippen LogP contribution in [0.25, 0.3) is 0 Å². The van der Waals surface area contributed by atoms with Gasteiger partial charge in [0.15, 0.2) is 0 Å². The maximum absolute atomic E-state index is 12.0. The zero-order chi connectivity index (χ0) is 19.3. The summed E-state index contributed by atoms with van der Waals surface area (Å²) in [5, 5.41) is 12.1. The van der Waals surface area contributed by atoms with E-state index in [1.165, 1.54) is 0 Å². The van der Waals surface area contributed by atoms with Crippen LogP contribution in [-0.4, -0.2) is 40.6 Å². The van der Waals surface area contributed by atoms with Gasteiger partial charge in [-0.2, -0.15) is 5.10 Å². The first-order valence-electron chi connectivity index (χ1n) is 7.89. The predicted octanol–water partition coefficient (Wildman–Crippen LogP) is 1.18. The molecule has 0 spiro atoms. The Labute approximate surface area is 155 Å². The molecule has 0 saturated carbocycles. The largest absolute Gasteiger partial charge is 0.345 e. The number of hydrogen-bond acceptors (Lipinski definition) is 4. The van der Waals surface area contributed by atoms with Crippen molar-refractivity contribution in [2.45, 2.75) is 13.8 Å². The molecule has 0 aliphatic rings. The van der Waals surface area contributed by atoms with Gasteiger partial charge in [0.25, 0.3) is 5.91 Å². The fraction of sp³-hybridized carbons (Fsp3) is 0.294. The van der Waals surface area contributed by atoms with Crippen LogP contribution in [0.3, 0.4) is 0 Å². The number of carbonyl (C=O) groups excluding carboxylic acids is 3. The van der Waals surface area contributed by atoms with Crippen LogP contribution in [0.15, 0.2) is 24.3 Å². The summed E-state index contributed by atoms with van der Waals surface area (Å²) in [6.07, 6.45) is 0. The number of benzene rings is 1. The van der Waals surface area contributed by atoms with E-state index in [4.69, 9.17) is 11.6 Å². The molecule has 1 aromatic heterocycles. The van der Waals surface area contributed by atoms with Gasteiger partial charge in [-0.25, -0.2) is 0 Å². The second-order valence-electron chi connectivity index (χ2n) is 5.66. The number of hydrogen-bond donors (Lipinski definition) is 3. The van der Waals surface area contributed by atoms with E-state index in [1.54, 1.807) is 42.9 Å². The number of nitrogens with one attached hydrogen (secondary N) is 3. The molecule has 2 rings (SSSR count). The molecule has 1 aromatic carbocycles. The van der Waals surface area contributed by atoms with Crippen LogP contribution < -0.4 is 16.0 Å². The molecule has 0 aliphatic heterocycles. The summed E-state index contributed by atoms with van der Waals surface area (Å²) >= 11 is 5.92. The van der Waals surface area contributed by atoms with Crippen LogP contribution in [0.4, 0.5) is 5.69 Å². The third-order valence-corrected chi connectivity index (χ3v) is 4.08. The first kappa shape index (κ1) is 19.5. The number of anilines is 1. The average Bonchev–Trinajstić information content (AvgIpc) is 2.84. The van der Waals surface area contributed by atoms with Crippen molar-refractivity contribution in [3.8, 4) is 0 Å². The lowest BCUT2D eigenvalue weighted by Gasteiger charge is -2.09. The standard InChI is InChI=1S/C17H20ClN5O3/c1-10-16(11(2)23(3)22-10)21-15(25)9-19-14(24)8-20-17(26)12-6-4-5-7-13(12)18/h4-7H,8-9H2,1-3H3,(H,19,24)(H,20,26)(H,21,25). The Morgan fingerprint density at radius 2 is 1.73 bits per heavy atom. The third-order valence-electron chi connectivity index (χ3n) is 3.75. The normalized spacial score (nSPS) is 10.3. The summed E-state index contributed by atoms with van der Waals surface area (Å²) in [5.41, 5.74) is 2.41. The van der Waals surface area contributed by atoms with Crippen molar-refractivity contribution >= 4 is 35.0 Å². The van der Waals surface area contributed by atoms with E-state index < -0.39 is 11.8 Å². The Morgan fingerprint density at radius 1 is 1.08 bits per heavy atom. The fourth-order valence-electron chi connectivity index (χ4n) is 2.28. The van der Waals surface area contributed by atoms with E-state index in [1.807, 2.05) is 6.92 Å². The van der Waals surface area contributed by atoms with E-state index >= 15 is 0 Å². The molecule has 0 fully saturated rings.